The topological polar surface area (TPSA) is 63.4 Å². The molecule has 2 N–H and O–H groups in total. The number of halogens is 3. The van der Waals surface area contributed by atoms with Crippen LogP contribution < -0.4 is 5.73 Å². The van der Waals surface area contributed by atoms with Gasteiger partial charge in [-0.2, -0.15) is 0 Å². The molecular weight excluding hydrogens is 355 g/mol. The van der Waals surface area contributed by atoms with E-state index in [9.17, 15) is 8.42 Å². The van der Waals surface area contributed by atoms with Crippen molar-refractivity contribution in [1.82, 2.24) is 4.31 Å². The van der Waals surface area contributed by atoms with Crippen LogP contribution in [0.1, 0.15) is 20.3 Å². The SMILES string of the molecule is CC(C)C(N)CCN(C)S(=O)(=O)c1c(Cl)cccc1Cl.Cl. The Morgan fingerprint density at radius 3 is 2.14 bits per heavy atom. The van der Waals surface area contributed by atoms with Gasteiger partial charge in [-0.15, -0.1) is 12.4 Å². The van der Waals surface area contributed by atoms with E-state index in [-0.39, 0.29) is 33.4 Å². The Kier molecular flexibility index (Phi) is 8.54. The Morgan fingerprint density at radius 1 is 1.24 bits per heavy atom. The van der Waals surface area contributed by atoms with Gasteiger partial charge in [0.2, 0.25) is 10.0 Å². The highest BCUT2D eigenvalue weighted by atomic mass is 35.5. The molecule has 0 saturated carbocycles. The summed E-state index contributed by atoms with van der Waals surface area (Å²) in [6.07, 6.45) is 0.579. The van der Waals surface area contributed by atoms with Gasteiger partial charge in [0.15, 0.2) is 0 Å². The number of sulfonamides is 1. The second kappa shape index (κ2) is 8.56. The first-order valence-electron chi connectivity index (χ1n) is 6.34. The second-order valence-corrected chi connectivity index (χ2v) is 7.87. The largest absolute Gasteiger partial charge is 0.327 e. The van der Waals surface area contributed by atoms with Gasteiger partial charge >= 0.3 is 0 Å². The molecule has 122 valence electrons. The summed E-state index contributed by atoms with van der Waals surface area (Å²) >= 11 is 11.9. The van der Waals surface area contributed by atoms with Crippen molar-refractivity contribution in [3.8, 4) is 0 Å². The van der Waals surface area contributed by atoms with Crippen LogP contribution in [-0.4, -0.2) is 32.4 Å². The molecule has 0 aromatic heterocycles. The molecule has 0 radical (unpaired) electrons. The van der Waals surface area contributed by atoms with Gasteiger partial charge < -0.3 is 5.73 Å². The van der Waals surface area contributed by atoms with E-state index in [2.05, 4.69) is 0 Å². The average Bonchev–Trinajstić information content (AvgIpc) is 2.34. The van der Waals surface area contributed by atoms with Crippen LogP contribution >= 0.6 is 35.6 Å². The third-order valence-corrected chi connectivity index (χ3v) is 6.03. The summed E-state index contributed by atoms with van der Waals surface area (Å²) < 4.78 is 26.2. The van der Waals surface area contributed by atoms with Gasteiger partial charge in [-0.25, -0.2) is 12.7 Å². The monoisotopic (exact) mass is 374 g/mol. The molecule has 1 aromatic rings. The molecule has 0 fully saturated rings. The van der Waals surface area contributed by atoms with Crippen molar-refractivity contribution in [1.29, 1.82) is 0 Å². The van der Waals surface area contributed by atoms with E-state index in [1.165, 1.54) is 23.5 Å². The van der Waals surface area contributed by atoms with E-state index in [1.54, 1.807) is 6.07 Å². The lowest BCUT2D eigenvalue weighted by Gasteiger charge is -2.22. The summed E-state index contributed by atoms with van der Waals surface area (Å²) in [4.78, 5) is -0.0519. The van der Waals surface area contributed by atoms with Crippen molar-refractivity contribution in [3.05, 3.63) is 28.2 Å². The van der Waals surface area contributed by atoms with Gasteiger partial charge in [-0.1, -0.05) is 43.1 Å². The second-order valence-electron chi connectivity index (χ2n) is 5.07. The summed E-state index contributed by atoms with van der Waals surface area (Å²) in [7, 11) is -2.21. The van der Waals surface area contributed by atoms with Gasteiger partial charge in [0.25, 0.3) is 0 Å². The quantitative estimate of drug-likeness (QED) is 0.828. The zero-order chi connectivity index (χ0) is 15.5. The van der Waals surface area contributed by atoms with E-state index in [0.29, 0.717) is 18.9 Å². The van der Waals surface area contributed by atoms with Crippen LogP contribution in [0, 0.1) is 5.92 Å². The molecule has 1 atom stereocenters. The van der Waals surface area contributed by atoms with Crippen molar-refractivity contribution < 1.29 is 8.42 Å². The number of nitrogens with two attached hydrogens (primary N) is 1. The predicted molar refractivity (Wildman–Crippen MR) is 91.0 cm³/mol. The predicted octanol–water partition coefficient (Wildman–Crippen LogP) is 3.41. The van der Waals surface area contributed by atoms with Gasteiger partial charge in [0, 0.05) is 19.6 Å². The van der Waals surface area contributed by atoms with Crippen molar-refractivity contribution >= 4 is 45.6 Å². The lowest BCUT2D eigenvalue weighted by molar-refractivity contribution is 0.397. The summed E-state index contributed by atoms with van der Waals surface area (Å²) in [6, 6.07) is 4.58. The lowest BCUT2D eigenvalue weighted by Crippen LogP contribution is -2.34. The molecule has 8 heteroatoms. The Hall–Kier alpha value is -0.0400. The molecule has 0 bridgehead atoms. The lowest BCUT2D eigenvalue weighted by atomic mass is 10.0. The van der Waals surface area contributed by atoms with Gasteiger partial charge in [-0.3, -0.25) is 0 Å². The van der Waals surface area contributed by atoms with E-state index in [0.717, 1.165) is 0 Å². The minimum absolute atomic E-state index is 0. The molecule has 0 spiro atoms. The van der Waals surface area contributed by atoms with Crippen molar-refractivity contribution in [2.24, 2.45) is 11.7 Å². The first-order valence-corrected chi connectivity index (χ1v) is 8.53. The highest BCUT2D eigenvalue weighted by Gasteiger charge is 2.26. The molecule has 0 heterocycles. The molecule has 1 aromatic carbocycles. The fourth-order valence-corrected chi connectivity index (χ4v) is 3.94. The smallest absolute Gasteiger partial charge is 0.245 e. The maximum absolute atomic E-state index is 12.5. The van der Waals surface area contributed by atoms with Crippen LogP contribution in [0.3, 0.4) is 0 Å². The van der Waals surface area contributed by atoms with Crippen molar-refractivity contribution in [2.45, 2.75) is 31.2 Å². The van der Waals surface area contributed by atoms with Crippen LogP contribution in [0.2, 0.25) is 10.0 Å². The van der Waals surface area contributed by atoms with Gasteiger partial charge in [0.1, 0.15) is 4.90 Å². The summed E-state index contributed by atoms with van der Waals surface area (Å²) in [5, 5.41) is 0.245. The van der Waals surface area contributed by atoms with Crippen molar-refractivity contribution in [3.63, 3.8) is 0 Å². The zero-order valence-corrected chi connectivity index (χ0v) is 15.4. The Balaban J connectivity index is 0.00000400. The van der Waals surface area contributed by atoms with Gasteiger partial charge in [0.05, 0.1) is 10.0 Å². The third-order valence-electron chi connectivity index (χ3n) is 3.22. The van der Waals surface area contributed by atoms with Crippen LogP contribution in [0.5, 0.6) is 0 Å². The molecule has 4 nitrogen and oxygen atoms in total. The minimum atomic E-state index is -3.71. The average molecular weight is 376 g/mol. The number of nitrogens with zero attached hydrogens (tertiary/aromatic N) is 1. The number of hydrogen-bond acceptors (Lipinski definition) is 3. The summed E-state index contributed by atoms with van der Waals surface area (Å²) in [5.74, 6) is 0.301. The maximum Gasteiger partial charge on any atom is 0.245 e. The molecule has 0 aliphatic carbocycles. The number of benzene rings is 1. The van der Waals surface area contributed by atoms with E-state index < -0.39 is 10.0 Å². The van der Waals surface area contributed by atoms with E-state index in [1.807, 2.05) is 13.8 Å². The molecule has 1 unspecified atom stereocenters. The highest BCUT2D eigenvalue weighted by Crippen LogP contribution is 2.31. The van der Waals surface area contributed by atoms with E-state index in [4.69, 9.17) is 28.9 Å². The minimum Gasteiger partial charge on any atom is -0.327 e. The Labute approximate surface area is 143 Å². The number of hydrogen-bond donors (Lipinski definition) is 1. The first-order chi connectivity index (χ1) is 9.17. The van der Waals surface area contributed by atoms with Crippen molar-refractivity contribution in [2.75, 3.05) is 13.6 Å². The Bertz CT molecular complexity index is 544. The standard InChI is InChI=1S/C13H20Cl2N2O2S.ClH/c1-9(2)12(16)7-8-17(3)20(18,19)13-10(14)5-4-6-11(13)15;/h4-6,9,12H,7-8,16H2,1-3H3;1H. The first kappa shape index (κ1) is 21.0. The number of rotatable bonds is 6. The molecule has 0 saturated heterocycles. The highest BCUT2D eigenvalue weighted by molar-refractivity contribution is 7.89. The molecule has 0 aliphatic heterocycles. The Morgan fingerprint density at radius 2 is 1.71 bits per heavy atom. The molecular formula is C13H21Cl3N2O2S. The van der Waals surface area contributed by atoms with Crippen LogP contribution in [-0.2, 0) is 10.0 Å². The fourth-order valence-electron chi connectivity index (χ4n) is 1.67. The van der Waals surface area contributed by atoms with Crippen LogP contribution in [0.4, 0.5) is 0 Å². The van der Waals surface area contributed by atoms with Crippen LogP contribution in [0.15, 0.2) is 23.1 Å². The summed E-state index contributed by atoms with van der Waals surface area (Å²) in [5.41, 5.74) is 5.93. The normalized spacial score (nSPS) is 13.3. The summed E-state index contributed by atoms with van der Waals surface area (Å²) in [6.45, 7) is 4.33. The molecule has 0 aliphatic rings. The zero-order valence-electron chi connectivity index (χ0n) is 12.2. The molecule has 0 amide bonds. The van der Waals surface area contributed by atoms with Crippen LogP contribution in [0.25, 0.3) is 0 Å². The maximum atomic E-state index is 12.5. The van der Waals surface area contributed by atoms with Gasteiger partial charge in [-0.05, 0) is 24.5 Å². The molecule has 21 heavy (non-hydrogen) atoms. The fraction of sp³-hybridized carbons (Fsp3) is 0.538. The molecule has 1 rings (SSSR count). The third kappa shape index (κ3) is 5.27. The van der Waals surface area contributed by atoms with E-state index >= 15 is 0 Å².